The van der Waals surface area contributed by atoms with Crippen molar-refractivity contribution < 1.29 is 0 Å². The van der Waals surface area contributed by atoms with Crippen LogP contribution >= 0.6 is 22.7 Å². The molecule has 1 aliphatic carbocycles. The minimum Gasteiger partial charge on any atom is -0.311 e. The number of nitrogens with zero attached hydrogens (tertiary/aromatic N) is 6. The van der Waals surface area contributed by atoms with Gasteiger partial charge in [-0.3, -0.25) is 0 Å². The largest absolute Gasteiger partial charge is 0.311 e. The van der Waals surface area contributed by atoms with Gasteiger partial charge in [-0.25, -0.2) is 19.9 Å². The maximum Gasteiger partial charge on any atom is 0.160 e. The summed E-state index contributed by atoms with van der Waals surface area (Å²) in [5.74, 6) is 1.42. The Morgan fingerprint density at radius 1 is 0.221 bits per heavy atom. The first-order valence-electron chi connectivity index (χ1n) is 38.4. The Morgan fingerprint density at radius 3 is 1.03 bits per heavy atom. The Balaban J connectivity index is 0.000000142. The molecule has 0 spiro atoms. The number of hydrogen-bond donors (Lipinski definition) is 0. The summed E-state index contributed by atoms with van der Waals surface area (Å²) in [6.07, 6.45) is 0. The van der Waals surface area contributed by atoms with E-state index in [9.17, 15) is 0 Å². The summed E-state index contributed by atoms with van der Waals surface area (Å²) in [5, 5.41) is 12.3. The van der Waals surface area contributed by atoms with Crippen LogP contribution in [0.25, 0.3) is 162 Å². The highest BCUT2D eigenvalue weighted by Gasteiger charge is 2.36. The Morgan fingerprint density at radius 2 is 0.558 bits per heavy atom. The number of anilines is 6. The first-order chi connectivity index (χ1) is 55.7. The summed E-state index contributed by atoms with van der Waals surface area (Å²) < 4.78 is 5.12. The summed E-state index contributed by atoms with van der Waals surface area (Å²) in [6, 6.07) is 139. The van der Waals surface area contributed by atoms with Crippen LogP contribution in [0.3, 0.4) is 0 Å². The predicted molar refractivity (Wildman–Crippen MR) is 479 cm³/mol. The molecule has 0 unspecified atom stereocenters. The maximum absolute atomic E-state index is 5.29. The first-order valence-corrected chi connectivity index (χ1v) is 40.0. The van der Waals surface area contributed by atoms with Crippen LogP contribution in [-0.4, -0.2) is 19.9 Å². The fraction of sp³-hybridized carbons (Fsp3) is 0.0286. The van der Waals surface area contributed by atoms with Crippen molar-refractivity contribution in [3.05, 3.63) is 399 Å². The molecule has 0 saturated carbocycles. The molecule has 0 radical (unpaired) electrons. The third-order valence-electron chi connectivity index (χ3n) is 22.5. The van der Waals surface area contributed by atoms with Crippen molar-refractivity contribution in [2.45, 2.75) is 19.3 Å². The minimum absolute atomic E-state index is 0.0879. The molecule has 0 saturated heterocycles. The molecule has 0 atom stereocenters. The zero-order valence-electron chi connectivity index (χ0n) is 62.0. The molecule has 21 aromatic rings. The van der Waals surface area contributed by atoms with E-state index in [4.69, 9.17) is 19.9 Å². The lowest BCUT2D eigenvalue weighted by atomic mass is 9.82. The molecule has 4 aromatic heterocycles. The highest BCUT2D eigenvalue weighted by Crippen LogP contribution is 2.52. The monoisotopic (exact) mass is 1480 g/mol. The highest BCUT2D eigenvalue weighted by atomic mass is 32.1. The summed E-state index contributed by atoms with van der Waals surface area (Å²) in [6.45, 7) is 4.67. The van der Waals surface area contributed by atoms with E-state index in [2.05, 4.69) is 412 Å². The summed E-state index contributed by atoms with van der Waals surface area (Å²) in [5.41, 5.74) is 24.4. The average molecular weight is 1480 g/mol. The topological polar surface area (TPSA) is 58.0 Å². The molecule has 4 heterocycles. The summed E-state index contributed by atoms with van der Waals surface area (Å²) in [7, 11) is 0. The highest BCUT2D eigenvalue weighted by molar-refractivity contribution is 7.26. The second-order valence-corrected chi connectivity index (χ2v) is 31.8. The van der Waals surface area contributed by atoms with Crippen molar-refractivity contribution in [3.8, 4) is 78.7 Å². The Kier molecular flexibility index (Phi) is 16.5. The molecule has 0 fully saturated rings. The van der Waals surface area contributed by atoms with Crippen molar-refractivity contribution in [2.24, 2.45) is 0 Å². The molecule has 0 bridgehead atoms. The number of rotatable bonds is 12. The van der Waals surface area contributed by atoms with Crippen LogP contribution in [-0.2, 0) is 5.41 Å². The number of hydrogen-bond acceptors (Lipinski definition) is 8. The van der Waals surface area contributed by atoms with Gasteiger partial charge < -0.3 is 9.80 Å². The fourth-order valence-corrected chi connectivity index (χ4v) is 19.1. The van der Waals surface area contributed by atoms with E-state index in [-0.39, 0.29) is 5.41 Å². The van der Waals surface area contributed by atoms with E-state index < -0.39 is 0 Å². The molecule has 0 N–H and O–H groups in total. The minimum atomic E-state index is -0.0879. The number of fused-ring (bicyclic) bond motifs is 13. The molecular formula is C105H70N6S2. The smallest absolute Gasteiger partial charge is 0.160 e. The van der Waals surface area contributed by atoms with Gasteiger partial charge in [0.1, 0.15) is 0 Å². The number of para-hydroxylation sites is 3. The molecular weight excluding hydrogens is 1410 g/mol. The van der Waals surface area contributed by atoms with Crippen LogP contribution in [0.15, 0.2) is 388 Å². The lowest BCUT2D eigenvalue weighted by Gasteiger charge is -2.28. The van der Waals surface area contributed by atoms with Gasteiger partial charge in [0.05, 0.1) is 22.4 Å². The fourth-order valence-electron chi connectivity index (χ4n) is 16.8. The van der Waals surface area contributed by atoms with E-state index in [0.717, 1.165) is 89.6 Å². The third-order valence-corrected chi connectivity index (χ3v) is 24.7. The van der Waals surface area contributed by atoms with Gasteiger partial charge in [0.25, 0.3) is 0 Å². The maximum atomic E-state index is 5.29. The van der Waals surface area contributed by atoms with Gasteiger partial charge in [-0.05, 0) is 212 Å². The van der Waals surface area contributed by atoms with Crippen molar-refractivity contribution in [3.63, 3.8) is 0 Å². The van der Waals surface area contributed by atoms with Crippen LogP contribution in [0.2, 0.25) is 0 Å². The molecule has 0 aliphatic heterocycles. The normalized spacial score (nSPS) is 12.2. The SMILES string of the molecule is CC1(C)c2ccccc2-c2ccc(N(c3ccccc3)c3ccc(-c4nc(-c5ccc6c(c5)sc5cc7ccccc7cc56)c5ccccc5n4)cc3)cc21.c1ccc(-c2ccc(N(c3ccc(-c4ccccc4)cc3)c3ccc(-c4nc(-c5ccc6c(c5)sc5cc7ccccc7cc56)c5ccccc5n4)cc3)cc2)cc1. The second-order valence-electron chi connectivity index (χ2n) is 29.7. The zero-order valence-corrected chi connectivity index (χ0v) is 63.6. The molecule has 17 aromatic carbocycles. The van der Waals surface area contributed by atoms with Crippen LogP contribution in [0.1, 0.15) is 25.0 Å². The van der Waals surface area contributed by atoms with Crippen molar-refractivity contribution in [1.82, 2.24) is 19.9 Å². The molecule has 8 heteroatoms. The van der Waals surface area contributed by atoms with Crippen LogP contribution in [0, 0.1) is 0 Å². The molecule has 532 valence electrons. The van der Waals surface area contributed by atoms with Gasteiger partial charge in [0.15, 0.2) is 11.6 Å². The van der Waals surface area contributed by atoms with Gasteiger partial charge >= 0.3 is 0 Å². The molecule has 22 rings (SSSR count). The third kappa shape index (κ3) is 12.2. The zero-order chi connectivity index (χ0) is 75.1. The van der Waals surface area contributed by atoms with Crippen LogP contribution in [0.4, 0.5) is 34.1 Å². The van der Waals surface area contributed by atoms with E-state index in [1.54, 1.807) is 0 Å². The molecule has 6 nitrogen and oxygen atoms in total. The van der Waals surface area contributed by atoms with Crippen LogP contribution in [0.5, 0.6) is 0 Å². The van der Waals surface area contributed by atoms with E-state index in [1.165, 1.54) is 106 Å². The Labute approximate surface area is 662 Å². The Bertz CT molecular complexity index is 7160. The first kappa shape index (κ1) is 67.1. The molecule has 113 heavy (non-hydrogen) atoms. The average Bonchev–Trinajstić information content (AvgIpc) is 1.60. The van der Waals surface area contributed by atoms with E-state index >= 15 is 0 Å². The van der Waals surface area contributed by atoms with E-state index in [0.29, 0.717) is 11.6 Å². The lowest BCUT2D eigenvalue weighted by Crippen LogP contribution is -2.16. The van der Waals surface area contributed by atoms with Crippen molar-refractivity contribution >= 4 is 140 Å². The van der Waals surface area contributed by atoms with Gasteiger partial charge in [0.2, 0.25) is 0 Å². The van der Waals surface area contributed by atoms with Crippen molar-refractivity contribution in [2.75, 3.05) is 9.80 Å². The lowest BCUT2D eigenvalue weighted by molar-refractivity contribution is 0.660. The Hall–Kier alpha value is -14.0. The standard InChI is InChI=1S/C54H35N3S.C51H35N3S/c1-3-11-36(12-4-1)38-19-26-44(27-20-38)57(45-28-21-39(22-29-45)37-13-5-2-6-14-37)46-30-23-40(24-31-46)54-55-50-18-10-9-17-48(50)53(56-54)43-25-32-47-49-33-41-15-7-8-16-42(41)34-52(49)58-51(47)35-43;1-51(2)44-18-10-8-16-39(44)40-27-25-38(31-45(40)51)54(36-14-4-3-5-15-36)37-23-20-32(21-24-37)50-52-46-19-11-9-17-42(46)49(53-50)35-22-26-41-43-28-33-12-6-7-13-34(33)29-48(43)55-47(41)30-35/h1-35H;3-31H,1-2H3. The predicted octanol–water partition coefficient (Wildman–Crippen LogP) is 29.5. The quantitative estimate of drug-likeness (QED) is 0.121. The van der Waals surface area contributed by atoms with Crippen molar-refractivity contribution in [1.29, 1.82) is 0 Å². The molecule has 1 aliphatic rings. The van der Waals surface area contributed by atoms with Gasteiger partial charge in [-0.2, -0.15) is 0 Å². The second kappa shape index (κ2) is 27.8. The van der Waals surface area contributed by atoms with Crippen LogP contribution < -0.4 is 9.80 Å². The van der Waals surface area contributed by atoms with Gasteiger partial charge in [-0.1, -0.05) is 257 Å². The number of thiophene rings is 2. The van der Waals surface area contributed by atoms with Gasteiger partial charge in [0, 0.05) is 113 Å². The van der Waals surface area contributed by atoms with E-state index in [1.807, 2.05) is 22.7 Å². The number of aromatic nitrogens is 4. The molecule has 0 amide bonds. The summed E-state index contributed by atoms with van der Waals surface area (Å²) >= 11 is 3.69. The van der Waals surface area contributed by atoms with Gasteiger partial charge in [-0.15, -0.1) is 22.7 Å². The number of benzene rings is 17. The summed E-state index contributed by atoms with van der Waals surface area (Å²) in [4.78, 5) is 25.5.